The van der Waals surface area contributed by atoms with Crippen LogP contribution in [0.5, 0.6) is 0 Å². The molecule has 1 saturated heterocycles. The van der Waals surface area contributed by atoms with Crippen molar-refractivity contribution in [3.05, 3.63) is 51.5 Å². The van der Waals surface area contributed by atoms with Gasteiger partial charge in [-0.2, -0.15) is 5.10 Å². The molecule has 0 bridgehead atoms. The van der Waals surface area contributed by atoms with Crippen molar-refractivity contribution < 1.29 is 9.53 Å². The lowest BCUT2D eigenvalue weighted by Crippen LogP contribution is -2.52. The second kappa shape index (κ2) is 7.84. The average Bonchev–Trinajstić information content (AvgIpc) is 2.62. The van der Waals surface area contributed by atoms with E-state index in [-0.39, 0.29) is 35.4 Å². The second-order valence-corrected chi connectivity index (χ2v) is 6.60. The molecule has 2 aromatic rings. The SMILES string of the molecule is C[C@@H]1COC[C@H](C)N1C(=O)c1ccc(NCn2nc(Cl)ccc2=O)nc1. The van der Waals surface area contributed by atoms with Gasteiger partial charge >= 0.3 is 0 Å². The molecule has 0 radical (unpaired) electrons. The van der Waals surface area contributed by atoms with Gasteiger partial charge in [0.2, 0.25) is 0 Å². The number of hydrogen-bond donors (Lipinski definition) is 1. The number of rotatable bonds is 4. The number of nitrogens with zero attached hydrogens (tertiary/aromatic N) is 4. The van der Waals surface area contributed by atoms with E-state index in [4.69, 9.17) is 16.3 Å². The first-order valence-corrected chi connectivity index (χ1v) is 8.67. The Balaban J connectivity index is 1.67. The number of nitrogens with one attached hydrogen (secondary N) is 1. The molecule has 0 unspecified atom stereocenters. The van der Waals surface area contributed by atoms with Gasteiger partial charge in [-0.15, -0.1) is 0 Å². The molecule has 1 N–H and O–H groups in total. The van der Waals surface area contributed by atoms with Gasteiger partial charge < -0.3 is 15.0 Å². The summed E-state index contributed by atoms with van der Waals surface area (Å²) in [5.74, 6) is 0.457. The van der Waals surface area contributed by atoms with Crippen molar-refractivity contribution in [2.75, 3.05) is 18.5 Å². The summed E-state index contributed by atoms with van der Waals surface area (Å²) in [6, 6.07) is 6.22. The highest BCUT2D eigenvalue weighted by Gasteiger charge is 2.30. The molecule has 1 aliphatic rings. The summed E-state index contributed by atoms with van der Waals surface area (Å²) in [6.07, 6.45) is 1.52. The summed E-state index contributed by atoms with van der Waals surface area (Å²) in [6.45, 7) is 5.12. The van der Waals surface area contributed by atoms with Crippen molar-refractivity contribution in [1.82, 2.24) is 19.7 Å². The first-order valence-electron chi connectivity index (χ1n) is 8.29. The van der Waals surface area contributed by atoms with Crippen LogP contribution in [0, 0.1) is 0 Å². The predicted molar refractivity (Wildman–Crippen MR) is 97.3 cm³/mol. The summed E-state index contributed by atoms with van der Waals surface area (Å²) in [5.41, 5.74) is 0.234. The number of pyridine rings is 1. The Morgan fingerprint density at radius 2 is 2.00 bits per heavy atom. The summed E-state index contributed by atoms with van der Waals surface area (Å²) in [5, 5.41) is 7.13. The first-order chi connectivity index (χ1) is 12.5. The average molecular weight is 378 g/mol. The van der Waals surface area contributed by atoms with Gasteiger partial charge in [0, 0.05) is 12.3 Å². The van der Waals surface area contributed by atoms with E-state index in [1.54, 1.807) is 12.1 Å². The number of hydrogen-bond acceptors (Lipinski definition) is 6. The van der Waals surface area contributed by atoms with E-state index < -0.39 is 0 Å². The molecule has 0 spiro atoms. The number of aromatic nitrogens is 3. The molecule has 0 aromatic carbocycles. The van der Waals surface area contributed by atoms with Crippen LogP contribution in [0.3, 0.4) is 0 Å². The quantitative estimate of drug-likeness (QED) is 0.870. The van der Waals surface area contributed by atoms with Gasteiger partial charge in [0.05, 0.1) is 30.9 Å². The third kappa shape index (κ3) is 4.03. The van der Waals surface area contributed by atoms with Gasteiger partial charge in [-0.3, -0.25) is 9.59 Å². The maximum atomic E-state index is 12.7. The third-order valence-corrected chi connectivity index (χ3v) is 4.36. The number of ether oxygens (including phenoxy) is 1. The van der Waals surface area contributed by atoms with Crippen molar-refractivity contribution in [1.29, 1.82) is 0 Å². The van der Waals surface area contributed by atoms with Crippen LogP contribution in [0.15, 0.2) is 35.3 Å². The van der Waals surface area contributed by atoms with Crippen LogP contribution in [0.1, 0.15) is 24.2 Å². The fourth-order valence-corrected chi connectivity index (χ4v) is 3.03. The number of carbonyl (C=O) groups is 1. The Kier molecular flexibility index (Phi) is 5.53. The van der Waals surface area contributed by atoms with Gasteiger partial charge in [0.1, 0.15) is 17.6 Å². The number of anilines is 1. The van der Waals surface area contributed by atoms with E-state index in [1.165, 1.54) is 23.0 Å². The van der Waals surface area contributed by atoms with Crippen molar-refractivity contribution in [3.8, 4) is 0 Å². The molecule has 9 heteroatoms. The van der Waals surface area contributed by atoms with Crippen LogP contribution >= 0.6 is 11.6 Å². The molecule has 1 amide bonds. The minimum Gasteiger partial charge on any atom is -0.377 e. The summed E-state index contributed by atoms with van der Waals surface area (Å²) in [7, 11) is 0. The fourth-order valence-electron chi connectivity index (χ4n) is 2.87. The van der Waals surface area contributed by atoms with Crippen LogP contribution in [-0.4, -0.2) is 50.9 Å². The van der Waals surface area contributed by atoms with E-state index in [0.29, 0.717) is 24.6 Å². The van der Waals surface area contributed by atoms with Gasteiger partial charge in [-0.05, 0) is 32.0 Å². The Bertz CT molecular complexity index is 829. The standard InChI is InChI=1S/C17H20ClN5O3/c1-11-8-26-9-12(2)23(11)17(25)13-3-5-15(19-7-13)20-10-22-16(24)6-4-14(18)21-22/h3-7,11-12H,8-10H2,1-2H3,(H,19,20)/t11-,12+. The monoisotopic (exact) mass is 377 g/mol. The van der Waals surface area contributed by atoms with E-state index in [2.05, 4.69) is 15.4 Å². The highest BCUT2D eigenvalue weighted by atomic mass is 35.5. The van der Waals surface area contributed by atoms with E-state index in [1.807, 2.05) is 18.7 Å². The van der Waals surface area contributed by atoms with Gasteiger partial charge in [0.25, 0.3) is 11.5 Å². The minimum absolute atomic E-state index is 0.0184. The largest absolute Gasteiger partial charge is 0.377 e. The smallest absolute Gasteiger partial charge is 0.268 e. The second-order valence-electron chi connectivity index (χ2n) is 6.21. The molecule has 1 fully saturated rings. The molecular weight excluding hydrogens is 358 g/mol. The topological polar surface area (TPSA) is 89.4 Å². The highest BCUT2D eigenvalue weighted by Crippen LogP contribution is 2.17. The summed E-state index contributed by atoms with van der Waals surface area (Å²) in [4.78, 5) is 30.5. The number of morpholine rings is 1. The van der Waals surface area contributed by atoms with Crippen LogP contribution < -0.4 is 10.9 Å². The van der Waals surface area contributed by atoms with Crippen LogP contribution in [0.2, 0.25) is 5.15 Å². The van der Waals surface area contributed by atoms with Crippen molar-refractivity contribution in [3.63, 3.8) is 0 Å². The molecule has 1 aliphatic heterocycles. The first kappa shape index (κ1) is 18.3. The van der Waals surface area contributed by atoms with Crippen molar-refractivity contribution in [2.24, 2.45) is 0 Å². The minimum atomic E-state index is -0.274. The maximum Gasteiger partial charge on any atom is 0.268 e. The highest BCUT2D eigenvalue weighted by molar-refractivity contribution is 6.29. The van der Waals surface area contributed by atoms with Crippen LogP contribution in [0.25, 0.3) is 0 Å². The Labute approximate surface area is 155 Å². The number of amides is 1. The van der Waals surface area contributed by atoms with Gasteiger partial charge in [0.15, 0.2) is 0 Å². The Morgan fingerprint density at radius 3 is 2.65 bits per heavy atom. The Hall–Kier alpha value is -2.45. The summed E-state index contributed by atoms with van der Waals surface area (Å²) < 4.78 is 6.65. The van der Waals surface area contributed by atoms with Crippen LogP contribution in [0.4, 0.5) is 5.82 Å². The zero-order valence-corrected chi connectivity index (χ0v) is 15.3. The van der Waals surface area contributed by atoms with Crippen molar-refractivity contribution in [2.45, 2.75) is 32.6 Å². The normalized spacial score (nSPS) is 20.0. The Morgan fingerprint density at radius 1 is 1.27 bits per heavy atom. The third-order valence-electron chi connectivity index (χ3n) is 4.16. The van der Waals surface area contributed by atoms with Crippen molar-refractivity contribution >= 4 is 23.3 Å². The molecule has 138 valence electrons. The van der Waals surface area contributed by atoms with E-state index in [9.17, 15) is 9.59 Å². The predicted octanol–water partition coefficient (Wildman–Crippen LogP) is 1.61. The van der Waals surface area contributed by atoms with E-state index in [0.717, 1.165) is 0 Å². The molecule has 8 nitrogen and oxygen atoms in total. The molecule has 3 rings (SSSR count). The van der Waals surface area contributed by atoms with E-state index >= 15 is 0 Å². The lowest BCUT2D eigenvalue weighted by molar-refractivity contribution is -0.0249. The fraction of sp³-hybridized carbons (Fsp3) is 0.412. The molecule has 0 saturated carbocycles. The summed E-state index contributed by atoms with van der Waals surface area (Å²) >= 11 is 5.79. The molecule has 3 heterocycles. The zero-order valence-electron chi connectivity index (χ0n) is 14.6. The van der Waals surface area contributed by atoms with Gasteiger partial charge in [-0.1, -0.05) is 11.6 Å². The molecule has 2 atom stereocenters. The maximum absolute atomic E-state index is 12.7. The molecule has 0 aliphatic carbocycles. The zero-order chi connectivity index (χ0) is 18.7. The lowest BCUT2D eigenvalue weighted by Gasteiger charge is -2.38. The van der Waals surface area contributed by atoms with Crippen LogP contribution in [-0.2, 0) is 11.4 Å². The van der Waals surface area contributed by atoms with Gasteiger partial charge in [-0.25, -0.2) is 9.67 Å². The number of halogens is 1. The number of carbonyl (C=O) groups excluding carboxylic acids is 1. The molecule has 26 heavy (non-hydrogen) atoms. The lowest BCUT2D eigenvalue weighted by atomic mass is 10.1. The molecular formula is C17H20ClN5O3. The molecule has 2 aromatic heterocycles.